The quantitative estimate of drug-likeness (QED) is 0.157. The fourth-order valence-electron chi connectivity index (χ4n) is 8.39. The third kappa shape index (κ3) is 5.31. The summed E-state index contributed by atoms with van der Waals surface area (Å²) in [5.74, 6) is 0.856. The number of nitrogens with zero attached hydrogens (tertiary/aromatic N) is 4. The van der Waals surface area contributed by atoms with E-state index in [2.05, 4.69) is 214 Å². The lowest BCUT2D eigenvalue weighted by Crippen LogP contribution is -2.30. The Kier molecular flexibility index (Phi) is 7.46. The van der Waals surface area contributed by atoms with E-state index in [9.17, 15) is 0 Å². The van der Waals surface area contributed by atoms with Crippen molar-refractivity contribution in [3.63, 3.8) is 0 Å². The molecule has 0 saturated carbocycles. The molecule has 0 radical (unpaired) electrons. The molecular weight excluding hydrogens is 681 g/mol. The minimum Gasteiger partial charge on any atom is -0.309 e. The molecule has 0 aliphatic rings. The van der Waals surface area contributed by atoms with Crippen LogP contribution in [0.2, 0.25) is 0 Å². The van der Waals surface area contributed by atoms with Crippen LogP contribution in [0.3, 0.4) is 0 Å². The molecule has 11 aromatic rings. The number of rotatable bonds is 6. The van der Waals surface area contributed by atoms with E-state index in [1.54, 1.807) is 0 Å². The molecule has 0 aliphatic heterocycles. The molecule has 11 rings (SSSR count). The number of hydrogen-bond acceptors (Lipinski definition) is 1. The molecule has 56 heavy (non-hydrogen) atoms. The normalized spacial score (nSPS) is 11.6. The molecule has 0 unspecified atom stereocenters. The average molecular weight is 716 g/mol. The van der Waals surface area contributed by atoms with Crippen molar-refractivity contribution in [2.24, 2.45) is 0 Å². The Morgan fingerprint density at radius 3 is 1.68 bits per heavy atom. The Morgan fingerprint density at radius 2 is 0.893 bits per heavy atom. The van der Waals surface area contributed by atoms with Gasteiger partial charge in [0.2, 0.25) is 17.7 Å². The first-order valence-electron chi connectivity index (χ1n) is 19.0. The Hall–Kier alpha value is -7.56. The summed E-state index contributed by atoms with van der Waals surface area (Å²) in [5, 5.41) is 4.88. The van der Waals surface area contributed by atoms with Crippen molar-refractivity contribution in [1.29, 1.82) is 0 Å². The molecule has 0 amide bonds. The van der Waals surface area contributed by atoms with Crippen LogP contribution in [0.15, 0.2) is 213 Å². The fraction of sp³-hybridized carbons (Fsp3) is 0. The summed E-state index contributed by atoms with van der Waals surface area (Å²) >= 11 is 0. The van der Waals surface area contributed by atoms with E-state index in [0.717, 1.165) is 33.8 Å². The van der Waals surface area contributed by atoms with Crippen LogP contribution in [-0.2, 0) is 0 Å². The van der Waals surface area contributed by atoms with Crippen LogP contribution >= 0.6 is 0 Å². The van der Waals surface area contributed by atoms with E-state index in [4.69, 9.17) is 4.98 Å². The Balaban J connectivity index is 1.01. The second-order valence-corrected chi connectivity index (χ2v) is 14.3. The summed E-state index contributed by atoms with van der Waals surface area (Å²) in [6.07, 6.45) is 6.07. The van der Waals surface area contributed by atoms with Crippen molar-refractivity contribution in [1.82, 2.24) is 14.1 Å². The highest BCUT2D eigenvalue weighted by atomic mass is 15.1. The molecule has 3 heterocycles. The second kappa shape index (κ2) is 13.1. The van der Waals surface area contributed by atoms with E-state index < -0.39 is 0 Å². The zero-order valence-electron chi connectivity index (χ0n) is 30.5. The molecule has 0 N–H and O–H groups in total. The molecule has 4 heteroatoms. The average Bonchev–Trinajstić information content (AvgIpc) is 3.79. The highest BCUT2D eigenvalue weighted by Crippen LogP contribution is 2.38. The van der Waals surface area contributed by atoms with Crippen LogP contribution in [-0.4, -0.2) is 14.1 Å². The second-order valence-electron chi connectivity index (χ2n) is 14.3. The smallest absolute Gasteiger partial charge is 0.218 e. The zero-order chi connectivity index (χ0) is 37.0. The summed E-state index contributed by atoms with van der Waals surface area (Å²) in [7, 11) is 0. The highest BCUT2D eigenvalue weighted by molar-refractivity contribution is 6.12. The first kappa shape index (κ1) is 31.9. The molecule has 4 nitrogen and oxygen atoms in total. The molecule has 0 atom stereocenters. The van der Waals surface area contributed by atoms with E-state index in [1.165, 1.54) is 60.4 Å². The van der Waals surface area contributed by atoms with Gasteiger partial charge in [0.15, 0.2) is 6.20 Å². The SMILES string of the molecule is c1ccc(-c2ccc(-c3cccc(-[n+]4ccnc(-n5c6ccccc6c6ccc(-c7ccc8c(c7)c7ccccc7n8-c7ccccc7)cc65)c4)c3)cc2)cc1. The van der Waals surface area contributed by atoms with Crippen molar-refractivity contribution in [3.05, 3.63) is 213 Å². The lowest BCUT2D eigenvalue weighted by atomic mass is 10.00. The van der Waals surface area contributed by atoms with Crippen molar-refractivity contribution >= 4 is 43.6 Å². The largest absolute Gasteiger partial charge is 0.309 e. The maximum Gasteiger partial charge on any atom is 0.218 e. The van der Waals surface area contributed by atoms with Crippen LogP contribution < -0.4 is 4.57 Å². The predicted octanol–water partition coefficient (Wildman–Crippen LogP) is 12.6. The molecule has 0 saturated heterocycles. The number of fused-ring (bicyclic) bond motifs is 6. The summed E-state index contributed by atoms with van der Waals surface area (Å²) in [6, 6.07) is 69.7. The van der Waals surface area contributed by atoms with E-state index >= 15 is 0 Å². The van der Waals surface area contributed by atoms with Crippen molar-refractivity contribution in [2.45, 2.75) is 0 Å². The molecule has 8 aromatic carbocycles. The number of aromatic nitrogens is 4. The summed E-state index contributed by atoms with van der Waals surface area (Å²) < 4.78 is 6.84. The van der Waals surface area contributed by atoms with Gasteiger partial charge in [-0.3, -0.25) is 4.57 Å². The highest BCUT2D eigenvalue weighted by Gasteiger charge is 2.19. The first-order valence-corrected chi connectivity index (χ1v) is 19.0. The molecule has 0 bridgehead atoms. The van der Waals surface area contributed by atoms with Gasteiger partial charge in [0.05, 0.1) is 28.3 Å². The van der Waals surface area contributed by atoms with Gasteiger partial charge in [-0.2, -0.15) is 4.57 Å². The van der Waals surface area contributed by atoms with Gasteiger partial charge in [0, 0.05) is 39.4 Å². The Bertz CT molecular complexity index is 3230. The zero-order valence-corrected chi connectivity index (χ0v) is 30.5. The third-order valence-corrected chi connectivity index (χ3v) is 11.1. The van der Waals surface area contributed by atoms with Crippen LogP contribution in [0, 0.1) is 0 Å². The van der Waals surface area contributed by atoms with Crippen LogP contribution in [0.1, 0.15) is 0 Å². The van der Waals surface area contributed by atoms with Crippen LogP contribution in [0.25, 0.3) is 94.2 Å². The summed E-state index contributed by atoms with van der Waals surface area (Å²) in [5.41, 5.74) is 14.0. The lowest BCUT2D eigenvalue weighted by molar-refractivity contribution is -0.596. The molecule has 0 spiro atoms. The summed E-state index contributed by atoms with van der Waals surface area (Å²) in [4.78, 5) is 4.98. The van der Waals surface area contributed by atoms with Gasteiger partial charge in [-0.15, -0.1) is 0 Å². The van der Waals surface area contributed by atoms with Gasteiger partial charge in [-0.1, -0.05) is 140 Å². The van der Waals surface area contributed by atoms with Crippen molar-refractivity contribution in [3.8, 4) is 50.6 Å². The number of para-hydroxylation sites is 3. The third-order valence-electron chi connectivity index (χ3n) is 11.1. The molecule has 262 valence electrons. The molecular formula is C52H35N4+. The first-order chi connectivity index (χ1) is 27.8. The van der Waals surface area contributed by atoms with E-state index in [-0.39, 0.29) is 0 Å². The molecule has 0 fully saturated rings. The lowest BCUT2D eigenvalue weighted by Gasteiger charge is -2.09. The monoisotopic (exact) mass is 715 g/mol. The molecule has 3 aromatic heterocycles. The van der Waals surface area contributed by atoms with Crippen LogP contribution in [0.5, 0.6) is 0 Å². The van der Waals surface area contributed by atoms with Gasteiger partial charge in [-0.25, -0.2) is 4.98 Å². The minimum atomic E-state index is 0.856. The standard InChI is InChI=1S/C52H35N4/c1-3-12-36(13-4-1)37-22-24-38(25-23-37)39-14-11-17-43(32-39)54-31-30-53-52(35-54)56-49-21-10-7-18-44(49)46-28-26-41(34-51(46)56)40-27-29-50-47(33-40)45-19-8-9-20-48(45)55(50)42-15-5-2-6-16-42/h1-35H/q+1. The van der Waals surface area contributed by atoms with Gasteiger partial charge < -0.3 is 4.57 Å². The maximum absolute atomic E-state index is 4.98. The predicted molar refractivity (Wildman–Crippen MR) is 231 cm³/mol. The maximum atomic E-state index is 4.98. The van der Waals surface area contributed by atoms with E-state index in [1.807, 2.05) is 12.4 Å². The number of benzene rings is 8. The molecule has 0 aliphatic carbocycles. The Labute approximate surface area is 324 Å². The van der Waals surface area contributed by atoms with Gasteiger partial charge in [-0.05, 0) is 75.8 Å². The van der Waals surface area contributed by atoms with Gasteiger partial charge in [0.1, 0.15) is 0 Å². The van der Waals surface area contributed by atoms with E-state index in [0.29, 0.717) is 0 Å². The number of hydrogen-bond donors (Lipinski definition) is 0. The fourth-order valence-corrected chi connectivity index (χ4v) is 8.39. The topological polar surface area (TPSA) is 26.6 Å². The minimum absolute atomic E-state index is 0.856. The summed E-state index contributed by atoms with van der Waals surface area (Å²) in [6.45, 7) is 0. The van der Waals surface area contributed by atoms with Crippen molar-refractivity contribution in [2.75, 3.05) is 0 Å². The van der Waals surface area contributed by atoms with Crippen LogP contribution in [0.4, 0.5) is 0 Å². The Morgan fingerprint density at radius 1 is 0.357 bits per heavy atom. The van der Waals surface area contributed by atoms with Crippen molar-refractivity contribution < 1.29 is 4.57 Å². The van der Waals surface area contributed by atoms with Gasteiger partial charge >= 0.3 is 0 Å². The van der Waals surface area contributed by atoms with Gasteiger partial charge in [0.25, 0.3) is 0 Å².